The number of rotatable bonds is 4. The van der Waals surface area contributed by atoms with Gasteiger partial charge in [-0.1, -0.05) is 30.3 Å². The topological polar surface area (TPSA) is 79.2 Å². The van der Waals surface area contributed by atoms with Crippen LogP contribution in [0.3, 0.4) is 0 Å². The molecule has 1 aromatic carbocycles. The standard InChI is InChI=1S/C13H18O5/c14-10-6-12(15)18-11(13(10)16)8-17-7-9-4-2-1-3-5-9/h1-5,10-16H,6-8H2. The summed E-state index contributed by atoms with van der Waals surface area (Å²) in [7, 11) is 0. The summed E-state index contributed by atoms with van der Waals surface area (Å²) in [4.78, 5) is 0. The van der Waals surface area contributed by atoms with Crippen LogP contribution in [0, 0.1) is 0 Å². The minimum Gasteiger partial charge on any atom is -0.390 e. The number of aliphatic hydroxyl groups is 3. The Hall–Kier alpha value is -0.980. The molecule has 3 N–H and O–H groups in total. The lowest BCUT2D eigenvalue weighted by Crippen LogP contribution is -2.50. The average molecular weight is 254 g/mol. The molecule has 1 aromatic rings. The normalized spacial score (nSPS) is 32.4. The van der Waals surface area contributed by atoms with E-state index in [0.29, 0.717) is 6.61 Å². The van der Waals surface area contributed by atoms with Crippen LogP contribution < -0.4 is 0 Å². The van der Waals surface area contributed by atoms with Crippen molar-refractivity contribution in [1.29, 1.82) is 0 Å². The molecule has 18 heavy (non-hydrogen) atoms. The Kier molecular flexibility index (Phi) is 4.68. The van der Waals surface area contributed by atoms with Crippen molar-refractivity contribution < 1.29 is 24.8 Å². The highest BCUT2D eigenvalue weighted by Crippen LogP contribution is 2.19. The Morgan fingerprint density at radius 1 is 1.17 bits per heavy atom. The van der Waals surface area contributed by atoms with Crippen molar-refractivity contribution >= 4 is 0 Å². The maximum Gasteiger partial charge on any atom is 0.157 e. The summed E-state index contributed by atoms with van der Waals surface area (Å²) >= 11 is 0. The lowest BCUT2D eigenvalue weighted by Gasteiger charge is -2.34. The summed E-state index contributed by atoms with van der Waals surface area (Å²) in [6.07, 6.45) is -3.72. The van der Waals surface area contributed by atoms with Crippen LogP contribution in [0.15, 0.2) is 30.3 Å². The van der Waals surface area contributed by atoms with Crippen LogP contribution in [0.4, 0.5) is 0 Å². The van der Waals surface area contributed by atoms with E-state index in [9.17, 15) is 15.3 Å². The van der Waals surface area contributed by atoms with Crippen LogP contribution in [0.1, 0.15) is 12.0 Å². The van der Waals surface area contributed by atoms with Crippen LogP contribution in [-0.4, -0.2) is 46.5 Å². The highest BCUT2D eigenvalue weighted by molar-refractivity contribution is 5.13. The molecule has 0 bridgehead atoms. The quantitative estimate of drug-likeness (QED) is 0.706. The number of hydrogen-bond donors (Lipinski definition) is 3. The van der Waals surface area contributed by atoms with Crippen molar-refractivity contribution in [3.05, 3.63) is 35.9 Å². The predicted octanol–water partition coefficient (Wildman–Crippen LogP) is 0.0323. The van der Waals surface area contributed by atoms with Gasteiger partial charge >= 0.3 is 0 Å². The fourth-order valence-corrected chi connectivity index (χ4v) is 1.94. The Balaban J connectivity index is 1.79. The number of benzene rings is 1. The van der Waals surface area contributed by atoms with Gasteiger partial charge in [0, 0.05) is 6.42 Å². The molecule has 100 valence electrons. The Bertz CT molecular complexity index is 356. The second kappa shape index (κ2) is 6.26. The maximum absolute atomic E-state index is 9.69. The average Bonchev–Trinajstić information content (AvgIpc) is 2.36. The van der Waals surface area contributed by atoms with Gasteiger partial charge in [-0.2, -0.15) is 0 Å². The third-order valence-corrected chi connectivity index (χ3v) is 2.94. The van der Waals surface area contributed by atoms with E-state index in [1.165, 1.54) is 0 Å². The van der Waals surface area contributed by atoms with Crippen LogP contribution in [0.5, 0.6) is 0 Å². The van der Waals surface area contributed by atoms with Crippen molar-refractivity contribution in [2.45, 2.75) is 37.6 Å². The van der Waals surface area contributed by atoms with E-state index in [0.717, 1.165) is 5.56 Å². The van der Waals surface area contributed by atoms with E-state index in [4.69, 9.17) is 9.47 Å². The highest BCUT2D eigenvalue weighted by atomic mass is 16.6. The second-order valence-corrected chi connectivity index (χ2v) is 4.42. The largest absolute Gasteiger partial charge is 0.390 e. The fourth-order valence-electron chi connectivity index (χ4n) is 1.94. The van der Waals surface area contributed by atoms with E-state index in [-0.39, 0.29) is 13.0 Å². The van der Waals surface area contributed by atoms with Gasteiger partial charge in [0.25, 0.3) is 0 Å². The molecule has 4 unspecified atom stereocenters. The first-order chi connectivity index (χ1) is 8.66. The molecule has 0 spiro atoms. The number of hydrogen-bond acceptors (Lipinski definition) is 5. The lowest BCUT2D eigenvalue weighted by atomic mass is 10.0. The molecule has 0 saturated carbocycles. The fraction of sp³-hybridized carbons (Fsp3) is 0.538. The van der Waals surface area contributed by atoms with Crippen molar-refractivity contribution in [1.82, 2.24) is 0 Å². The first-order valence-electron chi connectivity index (χ1n) is 5.98. The molecule has 1 aliphatic rings. The third kappa shape index (κ3) is 3.51. The summed E-state index contributed by atoms with van der Waals surface area (Å²) in [5, 5.41) is 28.5. The first-order valence-corrected chi connectivity index (χ1v) is 5.98. The molecular weight excluding hydrogens is 236 g/mol. The molecule has 4 atom stereocenters. The van der Waals surface area contributed by atoms with Gasteiger partial charge < -0.3 is 24.8 Å². The SMILES string of the molecule is OC1CC(O)C(O)C(COCc2ccccc2)O1. The van der Waals surface area contributed by atoms with Gasteiger partial charge in [-0.05, 0) is 5.56 Å². The summed E-state index contributed by atoms with van der Waals surface area (Å²) < 4.78 is 10.5. The minimum atomic E-state index is -1.05. The molecule has 2 rings (SSSR count). The Morgan fingerprint density at radius 3 is 2.61 bits per heavy atom. The van der Waals surface area contributed by atoms with Crippen molar-refractivity contribution in [3.63, 3.8) is 0 Å². The predicted molar refractivity (Wildman–Crippen MR) is 63.6 cm³/mol. The Morgan fingerprint density at radius 2 is 1.89 bits per heavy atom. The second-order valence-electron chi connectivity index (χ2n) is 4.42. The zero-order valence-electron chi connectivity index (χ0n) is 9.98. The molecule has 0 amide bonds. The van der Waals surface area contributed by atoms with Crippen molar-refractivity contribution in [3.8, 4) is 0 Å². The summed E-state index contributed by atoms with van der Waals surface area (Å²) in [5.74, 6) is 0. The third-order valence-electron chi connectivity index (χ3n) is 2.94. The molecule has 0 aromatic heterocycles. The maximum atomic E-state index is 9.69. The van der Waals surface area contributed by atoms with Gasteiger partial charge in [-0.15, -0.1) is 0 Å². The van der Waals surface area contributed by atoms with E-state index in [2.05, 4.69) is 0 Å². The van der Waals surface area contributed by atoms with Gasteiger partial charge in [0.05, 0.1) is 19.3 Å². The van der Waals surface area contributed by atoms with E-state index in [1.807, 2.05) is 30.3 Å². The lowest BCUT2D eigenvalue weighted by molar-refractivity contribution is -0.243. The van der Waals surface area contributed by atoms with Crippen LogP contribution >= 0.6 is 0 Å². The van der Waals surface area contributed by atoms with Crippen molar-refractivity contribution in [2.75, 3.05) is 6.61 Å². The molecule has 0 radical (unpaired) electrons. The zero-order valence-corrected chi connectivity index (χ0v) is 9.98. The Labute approximate surface area is 106 Å². The number of aliphatic hydroxyl groups excluding tert-OH is 3. The first kappa shape index (κ1) is 13.5. The van der Waals surface area contributed by atoms with Crippen LogP contribution in [0.2, 0.25) is 0 Å². The monoisotopic (exact) mass is 254 g/mol. The summed E-state index contributed by atoms with van der Waals surface area (Å²) in [6.45, 7) is 0.532. The smallest absolute Gasteiger partial charge is 0.157 e. The van der Waals surface area contributed by atoms with Crippen LogP contribution in [0.25, 0.3) is 0 Å². The van der Waals surface area contributed by atoms with Crippen LogP contribution in [-0.2, 0) is 16.1 Å². The number of ether oxygens (including phenoxy) is 2. The zero-order chi connectivity index (χ0) is 13.0. The summed E-state index contributed by atoms with van der Waals surface area (Å²) in [6, 6.07) is 9.62. The van der Waals surface area contributed by atoms with Gasteiger partial charge in [0.1, 0.15) is 12.2 Å². The minimum absolute atomic E-state index is 0.0242. The van der Waals surface area contributed by atoms with Gasteiger partial charge in [-0.25, -0.2) is 0 Å². The molecule has 5 heteroatoms. The molecule has 5 nitrogen and oxygen atoms in total. The molecular formula is C13H18O5. The van der Waals surface area contributed by atoms with Gasteiger partial charge in [-0.3, -0.25) is 0 Å². The van der Waals surface area contributed by atoms with Gasteiger partial charge in [0.2, 0.25) is 0 Å². The molecule has 1 fully saturated rings. The molecule has 0 aliphatic carbocycles. The van der Waals surface area contributed by atoms with E-state index < -0.39 is 24.6 Å². The molecule has 1 saturated heterocycles. The molecule has 1 heterocycles. The van der Waals surface area contributed by atoms with Crippen molar-refractivity contribution in [2.24, 2.45) is 0 Å². The highest BCUT2D eigenvalue weighted by Gasteiger charge is 2.35. The van der Waals surface area contributed by atoms with E-state index in [1.54, 1.807) is 0 Å². The van der Waals surface area contributed by atoms with Gasteiger partial charge in [0.15, 0.2) is 6.29 Å². The van der Waals surface area contributed by atoms with E-state index >= 15 is 0 Å². The summed E-state index contributed by atoms with van der Waals surface area (Å²) in [5.41, 5.74) is 1.02. The molecule has 1 aliphatic heterocycles.